The van der Waals surface area contributed by atoms with E-state index in [9.17, 15) is 13.2 Å². The number of sulfonamides is 1. The molecule has 1 amide bonds. The Morgan fingerprint density at radius 1 is 1.17 bits per heavy atom. The van der Waals surface area contributed by atoms with Gasteiger partial charge in [0.25, 0.3) is 0 Å². The van der Waals surface area contributed by atoms with Crippen LogP contribution >= 0.6 is 15.9 Å². The third kappa shape index (κ3) is 3.39. The Morgan fingerprint density at radius 3 is 2.25 bits per heavy atom. The van der Waals surface area contributed by atoms with Gasteiger partial charge in [0.15, 0.2) is 0 Å². The van der Waals surface area contributed by atoms with Gasteiger partial charge in [-0.15, -0.1) is 0 Å². The van der Waals surface area contributed by atoms with Gasteiger partial charge < -0.3 is 4.90 Å². The summed E-state index contributed by atoms with van der Waals surface area (Å²) in [4.78, 5) is 14.6. The number of benzene rings is 1. The van der Waals surface area contributed by atoms with Crippen molar-refractivity contribution in [1.29, 1.82) is 0 Å². The summed E-state index contributed by atoms with van der Waals surface area (Å²) in [6.07, 6.45) is 0. The third-order valence-corrected chi connectivity index (χ3v) is 7.17. The molecule has 24 heavy (non-hydrogen) atoms. The van der Waals surface area contributed by atoms with Gasteiger partial charge in [0.1, 0.15) is 0 Å². The Kier molecular flexibility index (Phi) is 5.19. The molecule has 0 spiro atoms. The van der Waals surface area contributed by atoms with E-state index in [0.29, 0.717) is 5.56 Å². The maximum Gasteiger partial charge on any atom is 0.243 e. The number of amides is 1. The number of piperazine rings is 1. The van der Waals surface area contributed by atoms with E-state index in [1.165, 1.54) is 4.31 Å². The van der Waals surface area contributed by atoms with E-state index in [1.807, 2.05) is 34.6 Å². The summed E-state index contributed by atoms with van der Waals surface area (Å²) in [6.45, 7) is 11.5. The van der Waals surface area contributed by atoms with Gasteiger partial charge in [-0.3, -0.25) is 4.79 Å². The van der Waals surface area contributed by atoms with Gasteiger partial charge in [0.2, 0.25) is 15.9 Å². The molecule has 5 nitrogen and oxygen atoms in total. The highest BCUT2D eigenvalue weighted by atomic mass is 79.9. The van der Waals surface area contributed by atoms with Crippen LogP contribution in [0.3, 0.4) is 0 Å². The van der Waals surface area contributed by atoms with E-state index in [0.717, 1.165) is 10.0 Å². The van der Waals surface area contributed by atoms with Gasteiger partial charge in [-0.1, -0.05) is 15.9 Å². The first-order chi connectivity index (χ1) is 10.9. The van der Waals surface area contributed by atoms with Crippen molar-refractivity contribution in [3.05, 3.63) is 27.7 Å². The van der Waals surface area contributed by atoms with E-state index >= 15 is 0 Å². The van der Waals surface area contributed by atoms with Gasteiger partial charge in [0.05, 0.1) is 17.0 Å². The highest BCUT2D eigenvalue weighted by Gasteiger charge is 2.44. The Hall–Kier alpha value is -0.920. The Balaban J connectivity index is 2.45. The topological polar surface area (TPSA) is 57.7 Å². The van der Waals surface area contributed by atoms with Crippen LogP contribution in [-0.4, -0.2) is 48.2 Å². The lowest BCUT2D eigenvalue weighted by molar-refractivity contribution is -0.144. The minimum Gasteiger partial charge on any atom is -0.333 e. The average molecular weight is 417 g/mol. The zero-order valence-electron chi connectivity index (χ0n) is 15.1. The SMILES string of the molecule is Cc1cc(S(=O)(=O)N2CC(=O)N(C(C)C)C(C)(C)C2)c(C)cc1Br. The molecule has 2 rings (SSSR count). The van der Waals surface area contributed by atoms with Crippen LogP contribution < -0.4 is 0 Å². The molecular formula is C17H25BrN2O3S. The van der Waals surface area contributed by atoms with E-state index in [2.05, 4.69) is 15.9 Å². The molecule has 0 aliphatic carbocycles. The van der Waals surface area contributed by atoms with Crippen LogP contribution in [0.2, 0.25) is 0 Å². The van der Waals surface area contributed by atoms with Gasteiger partial charge in [0, 0.05) is 17.1 Å². The molecule has 0 N–H and O–H groups in total. The van der Waals surface area contributed by atoms with Crippen LogP contribution in [-0.2, 0) is 14.8 Å². The van der Waals surface area contributed by atoms with E-state index in [4.69, 9.17) is 0 Å². The van der Waals surface area contributed by atoms with Crippen molar-refractivity contribution < 1.29 is 13.2 Å². The summed E-state index contributed by atoms with van der Waals surface area (Å²) in [7, 11) is -3.72. The number of rotatable bonds is 3. The van der Waals surface area contributed by atoms with Crippen molar-refractivity contribution in [3.8, 4) is 0 Å². The summed E-state index contributed by atoms with van der Waals surface area (Å²) in [5.41, 5.74) is 0.976. The van der Waals surface area contributed by atoms with Crippen LogP contribution in [0.1, 0.15) is 38.8 Å². The molecule has 0 aromatic heterocycles. The molecule has 0 atom stereocenters. The summed E-state index contributed by atoms with van der Waals surface area (Å²) in [6, 6.07) is 3.51. The van der Waals surface area contributed by atoms with Crippen molar-refractivity contribution in [2.45, 2.75) is 58.0 Å². The summed E-state index contributed by atoms with van der Waals surface area (Å²) in [5, 5.41) is 0. The van der Waals surface area contributed by atoms with Gasteiger partial charge in [-0.25, -0.2) is 8.42 Å². The second kappa shape index (κ2) is 6.42. The molecule has 0 unspecified atom stereocenters. The number of hydrogen-bond acceptors (Lipinski definition) is 3. The standard InChI is InChI=1S/C17H25BrN2O3S/c1-11(2)20-16(21)9-19(10-17(20,5)6)24(22,23)15-8-12(3)14(18)7-13(15)4/h7-8,11H,9-10H2,1-6H3. The molecule has 1 heterocycles. The zero-order chi connectivity index (χ0) is 18.4. The van der Waals surface area contributed by atoms with Crippen LogP contribution in [0.4, 0.5) is 0 Å². The Labute approximate surface area is 153 Å². The lowest BCUT2D eigenvalue weighted by Crippen LogP contribution is -2.64. The Bertz CT molecular complexity index is 772. The van der Waals surface area contributed by atoms with Gasteiger partial charge in [-0.2, -0.15) is 4.31 Å². The predicted octanol–water partition coefficient (Wildman–Crippen LogP) is 3.09. The molecule has 0 bridgehead atoms. The molecule has 134 valence electrons. The molecule has 0 radical (unpaired) electrons. The Morgan fingerprint density at radius 2 is 1.75 bits per heavy atom. The largest absolute Gasteiger partial charge is 0.333 e. The number of carbonyl (C=O) groups excluding carboxylic acids is 1. The van der Waals surface area contributed by atoms with Crippen LogP contribution in [0, 0.1) is 13.8 Å². The van der Waals surface area contributed by atoms with E-state index in [1.54, 1.807) is 24.0 Å². The normalized spacial score (nSPS) is 19.2. The monoisotopic (exact) mass is 416 g/mol. The second-order valence-corrected chi connectivity index (χ2v) is 10.1. The smallest absolute Gasteiger partial charge is 0.243 e. The zero-order valence-corrected chi connectivity index (χ0v) is 17.5. The summed E-state index contributed by atoms with van der Waals surface area (Å²) >= 11 is 3.43. The van der Waals surface area contributed by atoms with Crippen molar-refractivity contribution >= 4 is 31.9 Å². The molecular weight excluding hydrogens is 392 g/mol. The van der Waals surface area contributed by atoms with Crippen LogP contribution in [0.5, 0.6) is 0 Å². The molecule has 1 aliphatic rings. The minimum absolute atomic E-state index is 0.0361. The summed E-state index contributed by atoms with van der Waals surface area (Å²) in [5.74, 6) is -0.156. The molecule has 1 fully saturated rings. The fourth-order valence-electron chi connectivity index (χ4n) is 3.46. The highest BCUT2D eigenvalue weighted by Crippen LogP contribution is 2.31. The minimum atomic E-state index is -3.72. The first-order valence-electron chi connectivity index (χ1n) is 7.97. The number of aryl methyl sites for hydroxylation is 2. The molecule has 7 heteroatoms. The lowest BCUT2D eigenvalue weighted by atomic mass is 9.98. The number of halogens is 1. The number of carbonyl (C=O) groups is 1. The maximum atomic E-state index is 13.1. The molecule has 1 saturated heterocycles. The van der Waals surface area contributed by atoms with Crippen LogP contribution in [0.25, 0.3) is 0 Å². The number of nitrogens with zero attached hydrogens (tertiary/aromatic N) is 2. The molecule has 1 aliphatic heterocycles. The fraction of sp³-hybridized carbons (Fsp3) is 0.588. The maximum absolute atomic E-state index is 13.1. The van der Waals surface area contributed by atoms with Gasteiger partial charge in [-0.05, 0) is 64.8 Å². The van der Waals surface area contributed by atoms with E-state index in [-0.39, 0.29) is 29.9 Å². The predicted molar refractivity (Wildman–Crippen MR) is 98.4 cm³/mol. The quantitative estimate of drug-likeness (QED) is 0.760. The van der Waals surface area contributed by atoms with Gasteiger partial charge >= 0.3 is 0 Å². The van der Waals surface area contributed by atoms with Crippen molar-refractivity contribution in [2.24, 2.45) is 0 Å². The lowest BCUT2D eigenvalue weighted by Gasteiger charge is -2.48. The van der Waals surface area contributed by atoms with E-state index < -0.39 is 15.6 Å². The molecule has 1 aromatic rings. The van der Waals surface area contributed by atoms with Crippen LogP contribution in [0.15, 0.2) is 21.5 Å². The number of hydrogen-bond donors (Lipinski definition) is 0. The summed E-state index contributed by atoms with van der Waals surface area (Å²) < 4.78 is 28.4. The average Bonchev–Trinajstić information content (AvgIpc) is 2.40. The second-order valence-electron chi connectivity index (χ2n) is 7.31. The van der Waals surface area contributed by atoms with Crippen molar-refractivity contribution in [1.82, 2.24) is 9.21 Å². The third-order valence-electron chi connectivity index (χ3n) is 4.39. The van der Waals surface area contributed by atoms with Crippen molar-refractivity contribution in [2.75, 3.05) is 13.1 Å². The first-order valence-corrected chi connectivity index (χ1v) is 10.2. The fourth-order valence-corrected chi connectivity index (χ4v) is 5.75. The molecule has 1 aromatic carbocycles. The van der Waals surface area contributed by atoms with Crippen molar-refractivity contribution in [3.63, 3.8) is 0 Å². The molecule has 0 saturated carbocycles. The first kappa shape index (κ1) is 19.4. The highest BCUT2D eigenvalue weighted by molar-refractivity contribution is 9.10.